The number of rotatable bonds is 4. The molecular weight excluding hydrogens is 408 g/mol. The second kappa shape index (κ2) is 8.04. The molecule has 156 valence electrons. The molecule has 5 rings (SSSR count). The molecule has 1 aliphatic rings. The van der Waals surface area contributed by atoms with E-state index in [1.165, 1.54) is 5.56 Å². The number of pyridine rings is 1. The second-order valence-corrected chi connectivity index (χ2v) is 8.44. The number of nitrogens with zero attached hydrogens (tertiary/aromatic N) is 2. The summed E-state index contributed by atoms with van der Waals surface area (Å²) in [7, 11) is 3.28. The van der Waals surface area contributed by atoms with Crippen molar-refractivity contribution < 1.29 is 14.3 Å². The molecule has 4 aromatic rings. The number of amides is 1. The average Bonchev–Trinajstić information content (AvgIpc) is 3.36. The lowest BCUT2D eigenvalue weighted by molar-refractivity contribution is 0.0691. The van der Waals surface area contributed by atoms with Crippen LogP contribution < -0.4 is 9.47 Å². The number of para-hydroxylation sites is 1. The van der Waals surface area contributed by atoms with Gasteiger partial charge in [0.05, 0.1) is 25.8 Å². The number of ether oxygens (including phenoxy) is 2. The number of carbonyl (C=O) groups excluding carboxylic acids is 1. The van der Waals surface area contributed by atoms with E-state index in [0.717, 1.165) is 27.8 Å². The Morgan fingerprint density at radius 3 is 2.61 bits per heavy atom. The first-order chi connectivity index (χ1) is 15.2. The number of thiophene rings is 1. The predicted molar refractivity (Wildman–Crippen MR) is 122 cm³/mol. The smallest absolute Gasteiger partial charge is 0.273 e. The standard InChI is InChI=1S/C25H22N2O3S/c1-29-21-14-17-11-12-27(24(23-8-5-13-31-23)18(17)15-22(21)30-2)25(28)20-10-9-16-6-3-4-7-19(16)26-20/h3-10,13-15,24H,11-12H2,1-2H3. The summed E-state index contributed by atoms with van der Waals surface area (Å²) < 4.78 is 11.1. The van der Waals surface area contributed by atoms with Gasteiger partial charge in [0.15, 0.2) is 11.5 Å². The Labute approximate surface area is 184 Å². The first-order valence-electron chi connectivity index (χ1n) is 10.1. The summed E-state index contributed by atoms with van der Waals surface area (Å²) in [5.74, 6) is 1.31. The molecule has 6 heteroatoms. The zero-order chi connectivity index (χ0) is 21.4. The molecule has 0 saturated carbocycles. The molecular formula is C25H22N2O3S. The molecule has 2 aromatic heterocycles. The van der Waals surface area contributed by atoms with Crippen LogP contribution in [0, 0.1) is 0 Å². The van der Waals surface area contributed by atoms with E-state index in [0.29, 0.717) is 23.7 Å². The summed E-state index contributed by atoms with van der Waals surface area (Å²) in [6, 6.07) is 19.6. The van der Waals surface area contributed by atoms with Crippen LogP contribution >= 0.6 is 11.3 Å². The summed E-state index contributed by atoms with van der Waals surface area (Å²) >= 11 is 1.65. The molecule has 1 amide bonds. The minimum absolute atomic E-state index is 0.0652. The highest BCUT2D eigenvalue weighted by Gasteiger charge is 2.35. The molecule has 1 atom stereocenters. The van der Waals surface area contributed by atoms with Gasteiger partial charge in [-0.25, -0.2) is 4.98 Å². The zero-order valence-electron chi connectivity index (χ0n) is 17.4. The van der Waals surface area contributed by atoms with Crippen molar-refractivity contribution in [3.63, 3.8) is 0 Å². The van der Waals surface area contributed by atoms with E-state index in [1.807, 2.05) is 64.9 Å². The van der Waals surface area contributed by atoms with E-state index in [-0.39, 0.29) is 11.9 Å². The molecule has 0 fully saturated rings. The van der Waals surface area contributed by atoms with Gasteiger partial charge in [-0.3, -0.25) is 4.79 Å². The number of hydrogen-bond donors (Lipinski definition) is 0. The number of carbonyl (C=O) groups is 1. The Kier molecular flexibility index (Phi) is 5.08. The maximum atomic E-state index is 13.6. The number of methoxy groups -OCH3 is 2. The Morgan fingerprint density at radius 1 is 1.03 bits per heavy atom. The summed E-state index contributed by atoms with van der Waals surface area (Å²) in [4.78, 5) is 21.3. The molecule has 0 radical (unpaired) electrons. The maximum absolute atomic E-state index is 13.6. The van der Waals surface area contributed by atoms with Crippen molar-refractivity contribution in [1.82, 2.24) is 9.88 Å². The number of benzene rings is 2. The van der Waals surface area contributed by atoms with Gasteiger partial charge in [0, 0.05) is 16.8 Å². The van der Waals surface area contributed by atoms with Crippen molar-refractivity contribution in [1.29, 1.82) is 0 Å². The third-order valence-corrected chi connectivity index (χ3v) is 6.69. The lowest BCUT2D eigenvalue weighted by Gasteiger charge is -2.37. The van der Waals surface area contributed by atoms with E-state index in [2.05, 4.69) is 11.1 Å². The van der Waals surface area contributed by atoms with Gasteiger partial charge in [0.1, 0.15) is 5.69 Å². The summed E-state index contributed by atoms with van der Waals surface area (Å²) in [6.45, 7) is 0.610. The van der Waals surface area contributed by atoms with Crippen LogP contribution in [-0.4, -0.2) is 36.6 Å². The fraction of sp³-hybridized carbons (Fsp3) is 0.200. The fourth-order valence-electron chi connectivity index (χ4n) is 4.25. The van der Waals surface area contributed by atoms with Crippen molar-refractivity contribution in [2.24, 2.45) is 0 Å². The molecule has 5 nitrogen and oxygen atoms in total. The number of hydrogen-bond acceptors (Lipinski definition) is 5. The van der Waals surface area contributed by atoms with Crippen LogP contribution in [0.1, 0.15) is 32.5 Å². The molecule has 3 heterocycles. The highest BCUT2D eigenvalue weighted by atomic mass is 32.1. The summed E-state index contributed by atoms with van der Waals surface area (Å²) in [5, 5.41) is 3.07. The van der Waals surface area contributed by atoms with Crippen LogP contribution in [-0.2, 0) is 6.42 Å². The third-order valence-electron chi connectivity index (χ3n) is 5.76. The van der Waals surface area contributed by atoms with Gasteiger partial charge >= 0.3 is 0 Å². The highest BCUT2D eigenvalue weighted by molar-refractivity contribution is 7.10. The fourth-order valence-corrected chi connectivity index (χ4v) is 5.11. The Hall–Kier alpha value is -3.38. The Bertz CT molecular complexity index is 1250. The van der Waals surface area contributed by atoms with Crippen LogP contribution in [0.3, 0.4) is 0 Å². The van der Waals surface area contributed by atoms with Crippen molar-refractivity contribution in [2.75, 3.05) is 20.8 Å². The largest absolute Gasteiger partial charge is 0.493 e. The van der Waals surface area contributed by atoms with Gasteiger partial charge in [0.2, 0.25) is 0 Å². The van der Waals surface area contributed by atoms with Crippen LogP contribution in [0.5, 0.6) is 11.5 Å². The first kappa shape index (κ1) is 19.6. The topological polar surface area (TPSA) is 51.7 Å². The van der Waals surface area contributed by atoms with Gasteiger partial charge in [-0.05, 0) is 53.3 Å². The van der Waals surface area contributed by atoms with Gasteiger partial charge in [0.25, 0.3) is 5.91 Å². The third kappa shape index (κ3) is 3.43. The van der Waals surface area contributed by atoms with Gasteiger partial charge in [-0.15, -0.1) is 11.3 Å². The van der Waals surface area contributed by atoms with Crippen LogP contribution in [0.4, 0.5) is 0 Å². The van der Waals surface area contributed by atoms with Gasteiger partial charge in [-0.2, -0.15) is 0 Å². The van der Waals surface area contributed by atoms with Crippen LogP contribution in [0.25, 0.3) is 10.9 Å². The van der Waals surface area contributed by atoms with Gasteiger partial charge < -0.3 is 14.4 Å². The van der Waals surface area contributed by atoms with Crippen LogP contribution in [0.2, 0.25) is 0 Å². The predicted octanol–water partition coefficient (Wildman–Crippen LogP) is 5.10. The number of aromatic nitrogens is 1. The second-order valence-electron chi connectivity index (χ2n) is 7.46. The molecule has 2 aromatic carbocycles. The molecule has 1 unspecified atom stereocenters. The quantitative estimate of drug-likeness (QED) is 0.452. The molecule has 0 saturated heterocycles. The monoisotopic (exact) mass is 430 g/mol. The van der Waals surface area contributed by atoms with E-state index in [9.17, 15) is 4.79 Å². The normalized spacial score (nSPS) is 15.5. The summed E-state index contributed by atoms with van der Waals surface area (Å²) in [6.07, 6.45) is 0.747. The number of fused-ring (bicyclic) bond motifs is 2. The molecule has 0 spiro atoms. The SMILES string of the molecule is COc1cc2c(cc1OC)C(c1cccs1)N(C(=O)c1ccc3ccccc3n1)CC2. The van der Waals surface area contributed by atoms with Crippen molar-refractivity contribution in [2.45, 2.75) is 12.5 Å². The Morgan fingerprint density at radius 2 is 1.84 bits per heavy atom. The first-order valence-corrected chi connectivity index (χ1v) is 11.0. The van der Waals surface area contributed by atoms with E-state index < -0.39 is 0 Å². The van der Waals surface area contributed by atoms with Crippen LogP contribution in [0.15, 0.2) is 66.0 Å². The lowest BCUT2D eigenvalue weighted by Crippen LogP contribution is -2.40. The van der Waals surface area contributed by atoms with Crippen molar-refractivity contribution >= 4 is 28.1 Å². The van der Waals surface area contributed by atoms with Crippen molar-refractivity contribution in [3.05, 3.63) is 87.7 Å². The highest BCUT2D eigenvalue weighted by Crippen LogP contribution is 2.42. The molecule has 1 aliphatic heterocycles. The molecule has 0 bridgehead atoms. The molecule has 0 aliphatic carbocycles. The maximum Gasteiger partial charge on any atom is 0.273 e. The van der Waals surface area contributed by atoms with Crippen molar-refractivity contribution in [3.8, 4) is 11.5 Å². The zero-order valence-corrected chi connectivity index (χ0v) is 18.2. The Balaban J connectivity index is 1.60. The van der Waals surface area contributed by atoms with E-state index >= 15 is 0 Å². The van der Waals surface area contributed by atoms with E-state index in [4.69, 9.17) is 9.47 Å². The minimum Gasteiger partial charge on any atom is -0.493 e. The lowest BCUT2D eigenvalue weighted by atomic mass is 9.90. The van der Waals surface area contributed by atoms with E-state index in [1.54, 1.807) is 25.6 Å². The molecule has 31 heavy (non-hydrogen) atoms. The minimum atomic E-state index is -0.190. The van der Waals surface area contributed by atoms with Gasteiger partial charge in [-0.1, -0.05) is 30.3 Å². The summed E-state index contributed by atoms with van der Waals surface area (Å²) in [5.41, 5.74) is 3.53. The molecule has 0 N–H and O–H groups in total. The average molecular weight is 431 g/mol.